The van der Waals surface area contributed by atoms with Crippen molar-refractivity contribution in [2.75, 3.05) is 163 Å². The Morgan fingerprint density at radius 2 is 0.571 bits per heavy atom. The number of carbonyl (C=O) groups excluding carboxylic acids is 6. The maximum atomic E-state index is 11.5. The summed E-state index contributed by atoms with van der Waals surface area (Å²) in [6.07, 6.45) is -3.34. The van der Waals surface area contributed by atoms with E-state index in [0.29, 0.717) is 109 Å². The summed E-state index contributed by atoms with van der Waals surface area (Å²) < 4.78 is 402. The van der Waals surface area contributed by atoms with Crippen LogP contribution in [-0.2, 0) is 105 Å². The van der Waals surface area contributed by atoms with Gasteiger partial charge in [-0.05, 0) is 301 Å². The number of nitrogens with zero attached hydrogens (tertiary/aromatic N) is 6. The van der Waals surface area contributed by atoms with Gasteiger partial charge in [0, 0.05) is 183 Å². The van der Waals surface area contributed by atoms with Gasteiger partial charge < -0.3 is 120 Å². The van der Waals surface area contributed by atoms with E-state index in [-0.39, 0.29) is 80.1 Å². The van der Waals surface area contributed by atoms with Crippen LogP contribution in [-0.4, -0.2) is 295 Å². The number of rotatable bonds is 30. The second-order valence-corrected chi connectivity index (χ2v) is 30.0. The monoisotopic (exact) mass is 1770 g/mol. The summed E-state index contributed by atoms with van der Waals surface area (Å²) in [6, 6.07) is 24.2. The first-order chi connectivity index (χ1) is 79.4. The van der Waals surface area contributed by atoms with Gasteiger partial charge in [0.05, 0.1) is 52.7 Å². The maximum Gasteiger partial charge on any atom is 0.407 e. The number of aromatic amines is 6. The second kappa shape index (κ2) is 43.7. The molecule has 30 nitrogen and oxygen atoms in total. The van der Waals surface area contributed by atoms with Gasteiger partial charge in [0.2, 0.25) is 0 Å². The van der Waals surface area contributed by atoms with Crippen LogP contribution >= 0.6 is 0 Å². The Balaban J connectivity index is 0.000000171. The van der Waals surface area contributed by atoms with Crippen molar-refractivity contribution in [1.82, 2.24) is 91.2 Å². The Hall–Kier alpha value is -12.1. The van der Waals surface area contributed by atoms with Crippen LogP contribution in [0.15, 0.2) is 146 Å². The molecule has 12 N–H and O–H groups in total. The molecule has 0 aliphatic carbocycles. The van der Waals surface area contributed by atoms with Crippen molar-refractivity contribution in [2.45, 2.75) is 113 Å². The Bertz CT molecular complexity index is 7910. The molecule has 6 aliphatic heterocycles. The summed E-state index contributed by atoms with van der Waals surface area (Å²) >= 11 is 0. The van der Waals surface area contributed by atoms with Gasteiger partial charge in [-0.15, -0.1) is 0 Å². The van der Waals surface area contributed by atoms with Crippen LogP contribution in [0, 0.1) is 0 Å². The molecule has 6 amide bonds. The molecule has 6 saturated heterocycles. The molecule has 0 radical (unpaired) electrons. The van der Waals surface area contributed by atoms with Crippen molar-refractivity contribution >= 4 is 102 Å². The van der Waals surface area contributed by atoms with Crippen LogP contribution in [0.25, 0.3) is 65.4 Å². The lowest BCUT2D eigenvalue weighted by molar-refractivity contribution is 0.176. The van der Waals surface area contributed by atoms with Crippen LogP contribution in [0.5, 0.6) is 0 Å². The first-order valence-corrected chi connectivity index (χ1v) is 39.5. The predicted octanol–water partition coefficient (Wildman–Crippen LogP) is 11.5. The lowest BCUT2D eigenvalue weighted by atomic mass is 10.0. The average Bonchev–Trinajstić information content (AvgIpc) is 1.51. The number of H-pyrrole nitrogens is 6. The minimum atomic E-state index is -3.49. The van der Waals surface area contributed by atoms with Gasteiger partial charge in [0.15, 0.2) is 8.47 Å². The van der Waals surface area contributed by atoms with Crippen molar-refractivity contribution < 1.29 is 123 Å². The zero-order valence-corrected chi connectivity index (χ0v) is 69.1. The molecule has 126 heavy (non-hydrogen) atoms. The molecule has 0 saturated carbocycles. The summed E-state index contributed by atoms with van der Waals surface area (Å²) in [5, 5.41) is 11.9. The van der Waals surface area contributed by atoms with E-state index >= 15 is 0 Å². The molecular formula is C96H126N18O12. The number of carbonyl (C=O) groups is 6. The smallest absolute Gasteiger partial charge is 0.407 e. The van der Waals surface area contributed by atoms with Gasteiger partial charge in [-0.2, -0.15) is 0 Å². The fourth-order valence-corrected chi connectivity index (χ4v) is 13.8. The minimum absolute atomic E-state index is 0.0164. The number of nitrogens with one attached hydrogen (secondary N) is 12. The summed E-state index contributed by atoms with van der Waals surface area (Å²) in [7, 11) is 9.45. The predicted molar refractivity (Wildman–Crippen MR) is 495 cm³/mol. The number of hydrogen-bond acceptors (Lipinski definition) is 18. The molecule has 0 unspecified atom stereocenters. The normalized spacial score (nSPS) is 27.8. The molecule has 30 heteroatoms. The first kappa shape index (κ1) is 48.0. The van der Waals surface area contributed by atoms with Gasteiger partial charge in [0.1, 0.15) is 39.4 Å². The van der Waals surface area contributed by atoms with E-state index in [9.17, 15) is 28.8 Å². The van der Waals surface area contributed by atoms with Gasteiger partial charge in [0.25, 0.3) is 0 Å². The largest absolute Gasteiger partial charge is 0.447 e. The zero-order chi connectivity index (χ0) is 131. The van der Waals surface area contributed by atoms with Crippen LogP contribution in [0.2, 0.25) is 8.47 Å². The number of hydrogen-bond donors (Lipinski definition) is 12. The Labute approximate surface area is 804 Å². The molecule has 12 heterocycles. The zero-order valence-electron chi connectivity index (χ0n) is 117. The fraction of sp³-hybridized carbons (Fsp3) is 0.438. The summed E-state index contributed by atoms with van der Waals surface area (Å²) in [5.41, 5.74) is 9.33. The Morgan fingerprint density at radius 3 is 0.849 bits per heavy atom. The molecule has 12 aromatic rings. The van der Waals surface area contributed by atoms with Crippen LogP contribution in [0.1, 0.15) is 124 Å². The molecule has 0 bridgehead atoms. The lowest BCUT2D eigenvalue weighted by Gasteiger charge is -2.09. The third kappa shape index (κ3) is 26.5. The van der Waals surface area contributed by atoms with Crippen molar-refractivity contribution in [3.05, 3.63) is 213 Å². The number of aryl methyl sites for hydroxylation is 3. The standard InChI is InChI=1S/6C16H21N3O2/c6*1-19(2)6-5-12-9-17-15-4-3-11(8-14(12)15)7-13-10-21-16(20)18-13/h6*3-4,8-9,13,17H,5-7,10H2,1-2H3,(H,18,20)/t6*13-/m000000/s1/i1D3,2D3,5D2,6D2,10D2;1D3,5D2,6D2,10D2;5D2,6D2,10D2;1D3,2D3,10D2;1D3,10D2;10D2/hD6. The number of aromatic nitrogens is 6. The summed E-state index contributed by atoms with van der Waals surface area (Å²) in [6.45, 7) is -38.7. The molecule has 6 atom stereocenters. The number of amides is 6. The van der Waals surface area contributed by atoms with E-state index in [1.165, 1.54) is 71.6 Å². The topological polar surface area (TPSA) is 344 Å². The van der Waals surface area contributed by atoms with E-state index in [1.54, 1.807) is 97.3 Å². The minimum Gasteiger partial charge on any atom is -0.447 e. The van der Waals surface area contributed by atoms with E-state index in [0.717, 1.165) is 64.2 Å². The van der Waals surface area contributed by atoms with Gasteiger partial charge in [-0.25, -0.2) is 28.8 Å². The number of ether oxygens (including phenoxy) is 6. The molecular weight excluding hydrogens is 1600 g/mol. The Morgan fingerprint density at radius 1 is 0.310 bits per heavy atom. The number of likely N-dealkylation sites (N-methyl/N-ethyl adjacent to an activating group) is 6. The number of cyclic esters (lactones) is 6. The summed E-state index contributed by atoms with van der Waals surface area (Å²) in [4.78, 5) is 85.6. The molecule has 0 spiro atoms. The van der Waals surface area contributed by atoms with Gasteiger partial charge in [-0.3, -0.25) is 0 Å². The number of benzene rings is 6. The van der Waals surface area contributed by atoms with E-state index < -0.39 is 198 Å². The highest BCUT2D eigenvalue weighted by atomic mass is 16.6. The highest BCUT2D eigenvalue weighted by Gasteiger charge is 2.29. The van der Waals surface area contributed by atoms with E-state index in [1.807, 2.05) is 26.2 Å². The highest BCUT2D eigenvalue weighted by molar-refractivity contribution is 5.88. The van der Waals surface area contributed by atoms with Gasteiger partial charge in [-0.1, -0.05) is 36.4 Å². The van der Waals surface area contributed by atoms with Gasteiger partial charge >= 0.3 is 36.6 Å². The first-order valence-electron chi connectivity index (χ1n) is 63.1. The fourth-order valence-electron chi connectivity index (χ4n) is 13.8. The molecule has 6 fully saturated rings. The van der Waals surface area contributed by atoms with Crippen molar-refractivity contribution in [1.29, 1.82) is 0 Å². The molecule has 18 rings (SSSR count). The maximum absolute atomic E-state index is 11.5. The van der Waals surface area contributed by atoms with E-state index in [4.69, 9.17) is 66.0 Å². The lowest BCUT2D eigenvalue weighted by Crippen LogP contribution is -2.28. The Kier molecular flexibility index (Phi) is 16.7. The van der Waals surface area contributed by atoms with Crippen molar-refractivity contribution in [2.24, 2.45) is 0 Å². The second-order valence-electron chi connectivity index (χ2n) is 30.0. The molecule has 6 aromatic heterocycles. The highest BCUT2D eigenvalue weighted by Crippen LogP contribution is 2.29. The third-order valence-corrected chi connectivity index (χ3v) is 19.8. The molecule has 6 aliphatic rings. The van der Waals surface area contributed by atoms with E-state index in [2.05, 4.69) is 64.2 Å². The average molecular weight is 1770 g/mol. The number of fused-ring (bicyclic) bond motifs is 6. The number of alkyl carbamates (subject to hydrolysis) is 6. The summed E-state index contributed by atoms with van der Waals surface area (Å²) in [5.74, 6) is 0. The quantitative estimate of drug-likeness (QED) is 0.0186. The van der Waals surface area contributed by atoms with Crippen LogP contribution < -0.4 is 31.9 Å². The SMILES string of the molecule is [2H]C1([2H])OC(=O)N[C@H]1Cc1ccc2[nH]cc(C([2H])([2H])C([2H])([2H])N(C([2H])([2H])[2H])C([2H])([2H])[2H])c2c1.[2H]C1([2H])OC(=O)N[C@H]1Cc1ccc2[nH]cc(C([2H])([2H])C([2H])([2H])N(C)C([2H])([2H])[2H])c2c1.[2H]C1([2H])OC(=O)N[C@H]1Cc1ccc2[nH]cc(C([2H])([2H])C([2H])([2H])N(C)C)c2c1.[2H]N1C(=O)OC([2H])([2H])[C@@H]1Cc1ccc2c(c1)c(CCN(C([2H])([2H])[2H])C([2H])([2H])[2H])cn2[2H].[2H]N1C(=O)OC([2H])([2H])[C@@H]1Cc1ccc2c(c1)c(CCN(C)C([2H])([2H])[2H])cn2[2H].[2H]N1C(=O)OC([2H])([2H])[C@@H]1Cc1ccc2c(c1)c(CCN(C)C)cn2[2H]. The third-order valence-electron chi connectivity index (χ3n) is 19.8. The molecule has 672 valence electrons. The van der Waals surface area contributed by atoms with Crippen LogP contribution in [0.4, 0.5) is 28.8 Å². The molecule has 6 aromatic carbocycles. The van der Waals surface area contributed by atoms with Crippen molar-refractivity contribution in [3.8, 4) is 0 Å². The van der Waals surface area contributed by atoms with Crippen molar-refractivity contribution in [3.63, 3.8) is 0 Å². The van der Waals surface area contributed by atoms with Crippen LogP contribution in [0.3, 0.4) is 0 Å².